The van der Waals surface area contributed by atoms with Crippen molar-refractivity contribution in [3.8, 4) is 5.75 Å². The number of hydrogen-bond acceptors (Lipinski definition) is 3. The smallest absolute Gasteiger partial charge is 0.253 e. The summed E-state index contributed by atoms with van der Waals surface area (Å²) in [4.78, 5) is 7.50. The third kappa shape index (κ3) is 3.02. The molecule has 0 bridgehead atoms. The molecule has 2 heterocycles. The highest BCUT2D eigenvalue weighted by Gasteiger charge is 2.21. The molecule has 0 saturated heterocycles. The molecule has 0 spiro atoms. The summed E-state index contributed by atoms with van der Waals surface area (Å²) < 4.78 is 0. The van der Waals surface area contributed by atoms with Gasteiger partial charge in [0.2, 0.25) is 0 Å². The van der Waals surface area contributed by atoms with Crippen molar-refractivity contribution in [2.75, 3.05) is 5.32 Å². The second-order valence-corrected chi connectivity index (χ2v) is 5.84. The molecule has 1 atom stereocenters. The number of aromatic amines is 1. The van der Waals surface area contributed by atoms with E-state index in [1.54, 1.807) is 6.20 Å². The molecule has 0 saturated carbocycles. The van der Waals surface area contributed by atoms with Crippen LogP contribution in [-0.4, -0.2) is 10.1 Å². The number of H-pyrrole nitrogens is 1. The fourth-order valence-electron chi connectivity index (χ4n) is 3.01. The second kappa shape index (κ2) is 6.61. The van der Waals surface area contributed by atoms with Gasteiger partial charge in [0, 0.05) is 17.8 Å². The van der Waals surface area contributed by atoms with Crippen molar-refractivity contribution in [3.05, 3.63) is 96.3 Å². The van der Waals surface area contributed by atoms with E-state index in [0.717, 1.165) is 27.8 Å². The van der Waals surface area contributed by atoms with Crippen molar-refractivity contribution in [1.29, 1.82) is 0 Å². The fourth-order valence-corrected chi connectivity index (χ4v) is 3.01. The van der Waals surface area contributed by atoms with Crippen LogP contribution in [0, 0.1) is 0 Å². The van der Waals surface area contributed by atoms with Gasteiger partial charge in [-0.1, -0.05) is 42.5 Å². The molecule has 122 valence electrons. The van der Waals surface area contributed by atoms with Crippen LogP contribution in [0.3, 0.4) is 0 Å². The Bertz CT molecular complexity index is 988. The van der Waals surface area contributed by atoms with Gasteiger partial charge in [0.1, 0.15) is 5.82 Å². The van der Waals surface area contributed by atoms with Crippen molar-refractivity contribution in [3.63, 3.8) is 0 Å². The van der Waals surface area contributed by atoms with Crippen LogP contribution in [-0.2, 0) is 0 Å². The lowest BCUT2D eigenvalue weighted by Gasteiger charge is -2.21. The molecule has 0 radical (unpaired) electrons. The summed E-state index contributed by atoms with van der Waals surface area (Å²) in [5.41, 5.74) is 2.58. The predicted octanol–water partition coefficient (Wildman–Crippen LogP) is 3.96. The van der Waals surface area contributed by atoms with E-state index >= 15 is 0 Å². The zero-order valence-corrected chi connectivity index (χ0v) is 13.6. The third-order valence-corrected chi connectivity index (χ3v) is 4.24. The minimum atomic E-state index is -0.214. The van der Waals surface area contributed by atoms with Crippen LogP contribution in [0.2, 0.25) is 0 Å². The van der Waals surface area contributed by atoms with E-state index in [0.29, 0.717) is 0 Å². The Morgan fingerprint density at radius 2 is 1.72 bits per heavy atom. The van der Waals surface area contributed by atoms with Crippen LogP contribution < -0.4 is 10.3 Å². The third-order valence-electron chi connectivity index (χ3n) is 4.24. The van der Waals surface area contributed by atoms with E-state index in [1.807, 2.05) is 79.0 Å². The Balaban J connectivity index is 1.85. The molecule has 0 amide bonds. The first-order chi connectivity index (χ1) is 12.3. The number of nitrogens with zero attached hydrogens (tertiary/aromatic N) is 1. The zero-order valence-electron chi connectivity index (χ0n) is 13.6. The molecule has 4 heteroatoms. The molecule has 2 aromatic carbocycles. The number of nitrogens with one attached hydrogen (secondary N) is 2. The summed E-state index contributed by atoms with van der Waals surface area (Å²) in [7, 11) is 0. The summed E-state index contributed by atoms with van der Waals surface area (Å²) in [6.45, 7) is 0. The van der Waals surface area contributed by atoms with E-state index in [4.69, 9.17) is 0 Å². The summed E-state index contributed by atoms with van der Waals surface area (Å²) in [5.74, 6) is 1.00. The van der Waals surface area contributed by atoms with E-state index in [9.17, 15) is 5.11 Å². The first kappa shape index (κ1) is 15.1. The molecule has 0 aliphatic carbocycles. The quantitative estimate of drug-likeness (QED) is 0.596. The highest BCUT2D eigenvalue weighted by atomic mass is 16.3. The van der Waals surface area contributed by atoms with Gasteiger partial charge in [-0.25, -0.2) is 9.97 Å². The average molecular weight is 328 g/mol. The maximum absolute atomic E-state index is 10.9. The molecular weight excluding hydrogens is 310 g/mol. The van der Waals surface area contributed by atoms with Crippen molar-refractivity contribution < 1.29 is 10.1 Å². The minimum Gasteiger partial charge on any atom is -0.502 e. The van der Waals surface area contributed by atoms with Gasteiger partial charge in [-0.15, -0.1) is 0 Å². The van der Waals surface area contributed by atoms with Crippen LogP contribution in [0.25, 0.3) is 10.9 Å². The molecule has 4 aromatic rings. The fraction of sp³-hybridized carbons (Fsp3) is 0.0476. The molecule has 25 heavy (non-hydrogen) atoms. The molecular formula is C21H18N3O+. The molecule has 0 fully saturated rings. The van der Waals surface area contributed by atoms with Crippen LogP contribution >= 0.6 is 0 Å². The van der Waals surface area contributed by atoms with Crippen molar-refractivity contribution >= 4 is 16.7 Å². The van der Waals surface area contributed by atoms with E-state index < -0.39 is 0 Å². The van der Waals surface area contributed by atoms with E-state index in [2.05, 4.69) is 15.3 Å². The Hall–Kier alpha value is -3.40. The van der Waals surface area contributed by atoms with Gasteiger partial charge in [0.25, 0.3) is 5.52 Å². The summed E-state index contributed by atoms with van der Waals surface area (Å²) in [6.07, 6.45) is 3.56. The molecule has 0 aliphatic rings. The maximum atomic E-state index is 10.9. The van der Waals surface area contributed by atoms with E-state index in [-0.39, 0.29) is 11.8 Å². The van der Waals surface area contributed by atoms with Gasteiger partial charge >= 0.3 is 0 Å². The lowest BCUT2D eigenvalue weighted by Crippen LogP contribution is -2.14. The van der Waals surface area contributed by atoms with Gasteiger partial charge in [0.05, 0.1) is 11.4 Å². The predicted molar refractivity (Wildman–Crippen MR) is 98.3 cm³/mol. The molecule has 1 unspecified atom stereocenters. The first-order valence-electron chi connectivity index (χ1n) is 8.18. The van der Waals surface area contributed by atoms with Gasteiger partial charge in [0.15, 0.2) is 11.9 Å². The van der Waals surface area contributed by atoms with Crippen molar-refractivity contribution in [2.24, 2.45) is 0 Å². The monoisotopic (exact) mass is 328 g/mol. The molecule has 2 aromatic heterocycles. The Labute approximate surface area is 145 Å². The molecule has 4 rings (SSSR count). The largest absolute Gasteiger partial charge is 0.502 e. The number of aromatic nitrogens is 2. The molecule has 0 aliphatic heterocycles. The Kier molecular flexibility index (Phi) is 4.01. The summed E-state index contributed by atoms with van der Waals surface area (Å²) >= 11 is 0. The number of benzene rings is 2. The highest BCUT2D eigenvalue weighted by molar-refractivity contribution is 5.83. The zero-order chi connectivity index (χ0) is 17.1. The number of pyridine rings is 2. The highest BCUT2D eigenvalue weighted by Crippen LogP contribution is 2.35. The van der Waals surface area contributed by atoms with Crippen LogP contribution in [0.5, 0.6) is 5.75 Å². The number of rotatable bonds is 4. The van der Waals surface area contributed by atoms with Crippen LogP contribution in [0.15, 0.2) is 85.2 Å². The minimum absolute atomic E-state index is 0.214. The molecule has 3 N–H and O–H groups in total. The first-order valence-corrected chi connectivity index (χ1v) is 8.18. The number of fused-ring (bicyclic) bond motifs is 1. The van der Waals surface area contributed by atoms with E-state index in [1.165, 1.54) is 0 Å². The SMILES string of the molecule is Oc1c(C(Nc2ccccn2)c2ccccc2)ccc2ccc[nH+]c12. The van der Waals surface area contributed by atoms with Crippen molar-refractivity contribution in [2.45, 2.75) is 6.04 Å². The summed E-state index contributed by atoms with van der Waals surface area (Å²) in [5, 5.41) is 15.3. The summed E-state index contributed by atoms with van der Waals surface area (Å²) in [6, 6.07) is 23.4. The van der Waals surface area contributed by atoms with Gasteiger partial charge < -0.3 is 10.4 Å². The number of aromatic hydroxyl groups is 1. The topological polar surface area (TPSA) is 59.3 Å². The van der Waals surface area contributed by atoms with Crippen molar-refractivity contribution in [1.82, 2.24) is 4.98 Å². The average Bonchev–Trinajstić information content (AvgIpc) is 2.69. The number of anilines is 1. The Morgan fingerprint density at radius 1 is 0.880 bits per heavy atom. The molecule has 4 nitrogen and oxygen atoms in total. The van der Waals surface area contributed by atoms with Crippen LogP contribution in [0.4, 0.5) is 5.82 Å². The lowest BCUT2D eigenvalue weighted by molar-refractivity contribution is -0.345. The number of hydrogen-bond donors (Lipinski definition) is 2. The second-order valence-electron chi connectivity index (χ2n) is 5.84. The Morgan fingerprint density at radius 3 is 2.52 bits per heavy atom. The van der Waals surface area contributed by atoms with Gasteiger partial charge in [-0.2, -0.15) is 0 Å². The standard InChI is InChI=1S/C21H17N3O/c25-21-17(12-11-16-9-6-14-23-20(16)21)19(15-7-2-1-3-8-15)24-18-10-4-5-13-22-18/h1-14,19,25H,(H,22,24)/p+1. The van der Waals surface area contributed by atoms with Gasteiger partial charge in [-0.3, -0.25) is 0 Å². The number of phenolic OH excluding ortho intramolecular Hbond substituents is 1. The normalized spacial score (nSPS) is 12.0. The van der Waals surface area contributed by atoms with Crippen LogP contribution in [0.1, 0.15) is 17.2 Å². The number of phenols is 1. The lowest BCUT2D eigenvalue weighted by atomic mass is 9.96. The van der Waals surface area contributed by atoms with Gasteiger partial charge in [-0.05, 0) is 29.8 Å². The maximum Gasteiger partial charge on any atom is 0.253 e.